The maximum absolute atomic E-state index is 13.6. The first-order chi connectivity index (χ1) is 17.1. The Kier molecular flexibility index (Phi) is 8.09. The summed E-state index contributed by atoms with van der Waals surface area (Å²) in [5.41, 5.74) is 3.36. The Balaban J connectivity index is 1.49. The highest BCUT2D eigenvalue weighted by atomic mass is 35.5. The molecule has 1 heterocycles. The zero-order chi connectivity index (χ0) is 25.9. The lowest BCUT2D eigenvalue weighted by Gasteiger charge is -2.48. The Morgan fingerprint density at radius 3 is 2.61 bits per heavy atom. The molecule has 1 saturated carbocycles. The highest BCUT2D eigenvalue weighted by Crippen LogP contribution is 2.42. The van der Waals surface area contributed by atoms with Gasteiger partial charge in [0.05, 0.1) is 6.04 Å². The van der Waals surface area contributed by atoms with Gasteiger partial charge in [-0.3, -0.25) is 9.59 Å². The maximum atomic E-state index is 13.6. The maximum Gasteiger partial charge on any atom is 0.289 e. The molecule has 3 unspecified atom stereocenters. The number of benzene rings is 2. The largest absolute Gasteiger partial charge is 0.482 e. The number of rotatable bonds is 6. The van der Waals surface area contributed by atoms with Crippen LogP contribution < -0.4 is 5.32 Å². The number of ether oxygens (including phenoxy) is 1. The molecule has 5 nitrogen and oxygen atoms in total. The Labute approximate surface area is 219 Å². The summed E-state index contributed by atoms with van der Waals surface area (Å²) in [6.07, 6.45) is 5.15. The van der Waals surface area contributed by atoms with Crippen LogP contribution in [0.3, 0.4) is 0 Å². The van der Waals surface area contributed by atoms with Crippen molar-refractivity contribution in [3.05, 3.63) is 76.0 Å². The molecule has 6 heteroatoms. The van der Waals surface area contributed by atoms with Crippen molar-refractivity contribution in [2.24, 2.45) is 11.3 Å². The van der Waals surface area contributed by atoms with Gasteiger partial charge in [0.2, 0.25) is 5.91 Å². The Morgan fingerprint density at radius 1 is 1.17 bits per heavy atom. The smallest absolute Gasteiger partial charge is 0.289 e. The highest BCUT2D eigenvalue weighted by molar-refractivity contribution is 6.30. The van der Waals surface area contributed by atoms with E-state index in [2.05, 4.69) is 51.2 Å². The number of morpholine rings is 1. The molecule has 1 saturated heterocycles. The van der Waals surface area contributed by atoms with Gasteiger partial charge in [0.15, 0.2) is 5.76 Å². The Hall–Kier alpha value is -2.79. The van der Waals surface area contributed by atoms with Crippen molar-refractivity contribution in [1.29, 1.82) is 0 Å². The van der Waals surface area contributed by atoms with Crippen molar-refractivity contribution < 1.29 is 14.3 Å². The molecule has 2 aromatic carbocycles. The van der Waals surface area contributed by atoms with Crippen molar-refractivity contribution in [2.45, 2.75) is 65.5 Å². The minimum atomic E-state index is -0.227. The van der Waals surface area contributed by atoms with Gasteiger partial charge in [0.25, 0.3) is 5.91 Å². The van der Waals surface area contributed by atoms with Crippen LogP contribution in [-0.2, 0) is 20.7 Å². The number of amides is 2. The number of fused-ring (bicyclic) bond motifs is 1. The standard InChI is InChI=1S/C30H37ClN2O3/c1-20-6-5-7-21(16-20)14-15-32-28(34)19-33-25-18-23(30(2,3)4)10-13-26(25)36-27(29(33)35)17-22-8-11-24(31)12-9-22/h5-9,11-12,16-17,23,25-26H,10,13-15,18-19H2,1-4H3,(H,32,34)/b27-17+. The van der Waals surface area contributed by atoms with Gasteiger partial charge in [-0.25, -0.2) is 0 Å². The van der Waals surface area contributed by atoms with E-state index >= 15 is 0 Å². The fourth-order valence-corrected chi connectivity index (χ4v) is 5.42. The predicted molar refractivity (Wildman–Crippen MR) is 144 cm³/mol. The molecular weight excluding hydrogens is 472 g/mol. The molecule has 192 valence electrons. The molecule has 4 rings (SSSR count). The van der Waals surface area contributed by atoms with E-state index in [1.54, 1.807) is 23.1 Å². The van der Waals surface area contributed by atoms with Crippen molar-refractivity contribution in [1.82, 2.24) is 10.2 Å². The van der Waals surface area contributed by atoms with Gasteiger partial charge >= 0.3 is 0 Å². The van der Waals surface area contributed by atoms with Crippen molar-refractivity contribution >= 4 is 29.5 Å². The fraction of sp³-hybridized carbons (Fsp3) is 0.467. The van der Waals surface area contributed by atoms with Crippen LogP contribution in [0.15, 0.2) is 54.3 Å². The molecule has 2 aromatic rings. The number of nitrogens with one attached hydrogen (secondary N) is 1. The molecule has 0 spiro atoms. The van der Waals surface area contributed by atoms with Crippen LogP contribution in [0, 0.1) is 18.3 Å². The summed E-state index contributed by atoms with van der Waals surface area (Å²) in [7, 11) is 0. The minimum Gasteiger partial charge on any atom is -0.482 e. The number of nitrogens with zero attached hydrogens (tertiary/aromatic N) is 1. The van der Waals surface area contributed by atoms with Crippen LogP contribution in [0.25, 0.3) is 6.08 Å². The molecule has 0 aromatic heterocycles. The number of halogens is 1. The third-order valence-corrected chi connectivity index (χ3v) is 7.68. The number of carbonyl (C=O) groups is 2. The van der Waals surface area contributed by atoms with E-state index in [9.17, 15) is 9.59 Å². The van der Waals surface area contributed by atoms with Gasteiger partial charge in [0.1, 0.15) is 12.6 Å². The molecule has 3 atom stereocenters. The van der Waals surface area contributed by atoms with E-state index in [1.165, 1.54) is 11.1 Å². The first kappa shape index (κ1) is 26.3. The summed E-state index contributed by atoms with van der Waals surface area (Å²) in [5.74, 6) is 0.388. The van der Waals surface area contributed by atoms with Crippen LogP contribution in [0.4, 0.5) is 0 Å². The average molecular weight is 509 g/mol. The SMILES string of the molecule is Cc1cccc(CCNC(=O)CN2C(=O)/C(=C\c3ccc(Cl)cc3)OC3CCC(C(C)(C)C)CC32)c1. The molecule has 0 bridgehead atoms. The van der Waals surface area contributed by atoms with Crippen molar-refractivity contribution in [3.8, 4) is 0 Å². The summed E-state index contributed by atoms with van der Waals surface area (Å²) in [4.78, 5) is 28.3. The number of aryl methyl sites for hydroxylation is 1. The summed E-state index contributed by atoms with van der Waals surface area (Å²) < 4.78 is 6.26. The molecule has 1 N–H and O–H groups in total. The lowest BCUT2D eigenvalue weighted by atomic mass is 9.69. The molecule has 2 fully saturated rings. The van der Waals surface area contributed by atoms with E-state index in [0.29, 0.717) is 23.2 Å². The quantitative estimate of drug-likeness (QED) is 0.502. The van der Waals surface area contributed by atoms with Gasteiger partial charge in [-0.2, -0.15) is 0 Å². The third-order valence-electron chi connectivity index (χ3n) is 7.43. The minimum absolute atomic E-state index is 0.0337. The summed E-state index contributed by atoms with van der Waals surface area (Å²) in [6.45, 7) is 9.37. The van der Waals surface area contributed by atoms with Gasteiger partial charge in [-0.05, 0) is 73.3 Å². The van der Waals surface area contributed by atoms with Gasteiger partial charge in [0, 0.05) is 11.6 Å². The summed E-state index contributed by atoms with van der Waals surface area (Å²) in [5, 5.41) is 3.66. The number of carbonyl (C=O) groups excluding carboxylic acids is 2. The average Bonchev–Trinajstić information content (AvgIpc) is 2.82. The predicted octanol–water partition coefficient (Wildman–Crippen LogP) is 5.79. The molecule has 2 amide bonds. The second-order valence-electron chi connectivity index (χ2n) is 11.2. The highest BCUT2D eigenvalue weighted by Gasteiger charge is 2.46. The molecular formula is C30H37ClN2O3. The molecule has 2 aliphatic rings. The van der Waals surface area contributed by atoms with Crippen LogP contribution >= 0.6 is 11.6 Å². The topological polar surface area (TPSA) is 58.6 Å². The number of hydrogen-bond donors (Lipinski definition) is 1. The second kappa shape index (κ2) is 11.1. The first-order valence-electron chi connectivity index (χ1n) is 12.9. The van der Waals surface area contributed by atoms with E-state index in [1.807, 2.05) is 18.2 Å². The normalized spacial score (nSPS) is 23.2. The molecule has 1 aliphatic carbocycles. The van der Waals surface area contributed by atoms with E-state index in [0.717, 1.165) is 31.2 Å². The van der Waals surface area contributed by atoms with Crippen molar-refractivity contribution in [3.63, 3.8) is 0 Å². The summed E-state index contributed by atoms with van der Waals surface area (Å²) >= 11 is 6.02. The molecule has 36 heavy (non-hydrogen) atoms. The van der Waals surface area contributed by atoms with Gasteiger partial charge in [-0.15, -0.1) is 0 Å². The van der Waals surface area contributed by atoms with Crippen molar-refractivity contribution in [2.75, 3.05) is 13.1 Å². The lowest BCUT2D eigenvalue weighted by molar-refractivity contribution is -0.154. The van der Waals surface area contributed by atoms with Crippen LogP contribution in [0.5, 0.6) is 0 Å². The zero-order valence-corrected chi connectivity index (χ0v) is 22.5. The second-order valence-corrected chi connectivity index (χ2v) is 11.6. The molecule has 0 radical (unpaired) electrons. The third kappa shape index (κ3) is 6.50. The molecule has 1 aliphatic heterocycles. The zero-order valence-electron chi connectivity index (χ0n) is 21.7. The Morgan fingerprint density at radius 2 is 1.92 bits per heavy atom. The van der Waals surface area contributed by atoms with E-state index < -0.39 is 0 Å². The van der Waals surface area contributed by atoms with E-state index in [4.69, 9.17) is 16.3 Å². The van der Waals surface area contributed by atoms with Gasteiger partial charge < -0.3 is 15.0 Å². The monoisotopic (exact) mass is 508 g/mol. The fourth-order valence-electron chi connectivity index (χ4n) is 5.30. The van der Waals surface area contributed by atoms with E-state index in [-0.39, 0.29) is 35.9 Å². The Bertz CT molecular complexity index is 1120. The van der Waals surface area contributed by atoms with Crippen LogP contribution in [0.1, 0.15) is 56.7 Å². The van der Waals surface area contributed by atoms with Gasteiger partial charge in [-0.1, -0.05) is 74.3 Å². The van der Waals surface area contributed by atoms with Crippen LogP contribution in [-0.4, -0.2) is 41.9 Å². The van der Waals surface area contributed by atoms with Crippen LogP contribution in [0.2, 0.25) is 5.02 Å². The lowest BCUT2D eigenvalue weighted by Crippen LogP contribution is -2.58. The number of hydrogen-bond acceptors (Lipinski definition) is 3. The first-order valence-corrected chi connectivity index (χ1v) is 13.2. The summed E-state index contributed by atoms with van der Waals surface area (Å²) in [6, 6.07) is 15.5.